The normalized spacial score (nSPS) is 10.7. The van der Waals surface area contributed by atoms with Gasteiger partial charge in [-0.1, -0.05) is 34.5 Å². The van der Waals surface area contributed by atoms with E-state index < -0.39 is 0 Å². The molecule has 6 heteroatoms. The molecular weight excluding hydrogens is 395 g/mol. The summed E-state index contributed by atoms with van der Waals surface area (Å²) in [7, 11) is 0. The second-order valence-electron chi connectivity index (χ2n) is 4.05. The number of hydrogen-bond donors (Lipinski definition) is 0. The summed E-state index contributed by atoms with van der Waals surface area (Å²) in [4.78, 5) is 12.6. The fourth-order valence-electron chi connectivity index (χ4n) is 1.79. The largest absolute Gasteiger partial charge is 0.287 e. The van der Waals surface area contributed by atoms with Crippen molar-refractivity contribution in [1.82, 2.24) is 9.78 Å². The van der Waals surface area contributed by atoms with E-state index in [1.165, 1.54) is 0 Å². The van der Waals surface area contributed by atoms with Gasteiger partial charge in [-0.25, -0.2) is 0 Å². The van der Waals surface area contributed by atoms with Crippen LogP contribution in [0.2, 0.25) is 5.02 Å². The Labute approximate surface area is 133 Å². The van der Waals surface area contributed by atoms with E-state index in [-0.39, 0.29) is 5.78 Å². The summed E-state index contributed by atoms with van der Waals surface area (Å²) in [5, 5.41) is 4.72. The second kappa shape index (κ2) is 6.20. The number of carbonyl (C=O) groups is 1. The summed E-state index contributed by atoms with van der Waals surface area (Å²) in [5.74, 6) is -0.0963. The molecule has 0 unspecified atom stereocenters. The molecule has 0 bridgehead atoms. The molecule has 19 heavy (non-hydrogen) atoms. The molecule has 0 aliphatic rings. The van der Waals surface area contributed by atoms with Gasteiger partial charge >= 0.3 is 0 Å². The number of aryl methyl sites for hydroxylation is 1. The first kappa shape index (κ1) is 14.8. The van der Waals surface area contributed by atoms with Crippen molar-refractivity contribution in [2.45, 2.75) is 19.9 Å². The standard InChI is InChI=1S/C13H11Br2ClN2O/c1-2-3-18-12(11(15)7-17-18)13(19)8-4-9(14)6-10(16)5-8/h4-7H,2-3H2,1H3. The van der Waals surface area contributed by atoms with Gasteiger partial charge in [-0.15, -0.1) is 0 Å². The summed E-state index contributed by atoms with van der Waals surface area (Å²) in [6.07, 6.45) is 2.55. The Morgan fingerprint density at radius 3 is 2.74 bits per heavy atom. The minimum Gasteiger partial charge on any atom is -0.287 e. The van der Waals surface area contributed by atoms with Crippen molar-refractivity contribution in [1.29, 1.82) is 0 Å². The zero-order chi connectivity index (χ0) is 14.0. The SMILES string of the molecule is CCCn1ncc(Br)c1C(=O)c1cc(Cl)cc(Br)c1. The molecule has 0 atom stereocenters. The molecule has 1 aromatic carbocycles. The molecular formula is C13H11Br2ClN2O. The number of rotatable bonds is 4. The van der Waals surface area contributed by atoms with E-state index >= 15 is 0 Å². The van der Waals surface area contributed by atoms with Crippen LogP contribution in [0.4, 0.5) is 0 Å². The van der Waals surface area contributed by atoms with Gasteiger partial charge in [0.25, 0.3) is 0 Å². The predicted molar refractivity (Wildman–Crippen MR) is 82.8 cm³/mol. The number of aromatic nitrogens is 2. The number of ketones is 1. The first-order chi connectivity index (χ1) is 9.02. The van der Waals surface area contributed by atoms with E-state index in [2.05, 4.69) is 37.0 Å². The van der Waals surface area contributed by atoms with Crippen LogP contribution < -0.4 is 0 Å². The van der Waals surface area contributed by atoms with Gasteiger partial charge in [-0.2, -0.15) is 5.10 Å². The van der Waals surface area contributed by atoms with Crippen LogP contribution in [-0.4, -0.2) is 15.6 Å². The van der Waals surface area contributed by atoms with Gasteiger partial charge in [0, 0.05) is 21.6 Å². The Kier molecular flexibility index (Phi) is 4.81. The number of hydrogen-bond acceptors (Lipinski definition) is 2. The summed E-state index contributed by atoms with van der Waals surface area (Å²) >= 11 is 12.7. The minimum absolute atomic E-state index is 0.0963. The van der Waals surface area contributed by atoms with Gasteiger partial charge < -0.3 is 0 Å². The first-order valence-corrected chi connectivity index (χ1v) is 7.71. The maximum atomic E-state index is 12.6. The van der Waals surface area contributed by atoms with Crippen molar-refractivity contribution in [3.05, 3.63) is 49.6 Å². The zero-order valence-corrected chi connectivity index (χ0v) is 14.1. The minimum atomic E-state index is -0.0963. The zero-order valence-electron chi connectivity index (χ0n) is 10.2. The van der Waals surface area contributed by atoms with Gasteiger partial charge in [-0.05, 0) is 40.5 Å². The van der Waals surface area contributed by atoms with Crippen LogP contribution in [0.15, 0.2) is 33.3 Å². The first-order valence-electron chi connectivity index (χ1n) is 5.75. The van der Waals surface area contributed by atoms with Crippen LogP contribution in [0, 0.1) is 0 Å². The highest BCUT2D eigenvalue weighted by atomic mass is 79.9. The molecule has 0 radical (unpaired) electrons. The predicted octanol–water partition coefficient (Wildman–Crippen LogP) is 4.70. The third kappa shape index (κ3) is 3.27. The van der Waals surface area contributed by atoms with Crippen molar-refractivity contribution in [3.8, 4) is 0 Å². The molecule has 0 N–H and O–H groups in total. The van der Waals surface area contributed by atoms with Crippen LogP contribution in [0.25, 0.3) is 0 Å². The lowest BCUT2D eigenvalue weighted by atomic mass is 10.1. The molecule has 0 saturated carbocycles. The topological polar surface area (TPSA) is 34.9 Å². The van der Waals surface area contributed by atoms with Gasteiger partial charge in [0.15, 0.2) is 0 Å². The highest BCUT2D eigenvalue weighted by Gasteiger charge is 2.19. The van der Waals surface area contributed by atoms with Crippen LogP contribution in [0.5, 0.6) is 0 Å². The van der Waals surface area contributed by atoms with E-state index in [4.69, 9.17) is 11.6 Å². The molecule has 0 saturated heterocycles. The van der Waals surface area contributed by atoms with Crippen LogP contribution in [0.3, 0.4) is 0 Å². The van der Waals surface area contributed by atoms with E-state index in [1.54, 1.807) is 29.1 Å². The Balaban J connectivity index is 2.46. The lowest BCUT2D eigenvalue weighted by Gasteiger charge is -2.07. The monoisotopic (exact) mass is 404 g/mol. The Bertz CT molecular complexity index is 605. The van der Waals surface area contributed by atoms with Crippen molar-refractivity contribution in [2.75, 3.05) is 0 Å². The Hall–Kier alpha value is -0.650. The highest BCUT2D eigenvalue weighted by Crippen LogP contribution is 2.24. The van der Waals surface area contributed by atoms with Crippen molar-refractivity contribution >= 4 is 49.2 Å². The van der Waals surface area contributed by atoms with E-state index in [9.17, 15) is 4.79 Å². The average molecular weight is 407 g/mol. The van der Waals surface area contributed by atoms with Gasteiger partial charge in [0.1, 0.15) is 5.69 Å². The Morgan fingerprint density at radius 1 is 1.37 bits per heavy atom. The number of nitrogens with zero attached hydrogens (tertiary/aromatic N) is 2. The molecule has 0 aliphatic carbocycles. The highest BCUT2D eigenvalue weighted by molar-refractivity contribution is 9.10. The van der Waals surface area contributed by atoms with Crippen LogP contribution in [-0.2, 0) is 6.54 Å². The summed E-state index contributed by atoms with van der Waals surface area (Å²) < 4.78 is 3.18. The summed E-state index contributed by atoms with van der Waals surface area (Å²) in [5.41, 5.74) is 1.09. The summed E-state index contributed by atoms with van der Waals surface area (Å²) in [6, 6.07) is 5.16. The molecule has 0 amide bonds. The van der Waals surface area contributed by atoms with Crippen molar-refractivity contribution < 1.29 is 4.79 Å². The number of benzene rings is 1. The quantitative estimate of drug-likeness (QED) is 0.690. The van der Waals surface area contributed by atoms with Gasteiger partial charge in [-0.3, -0.25) is 9.48 Å². The number of halogens is 3. The molecule has 2 rings (SSSR count). The third-order valence-corrected chi connectivity index (χ3v) is 3.83. The van der Waals surface area contributed by atoms with Crippen molar-refractivity contribution in [3.63, 3.8) is 0 Å². The maximum Gasteiger partial charge on any atom is 0.212 e. The lowest BCUT2D eigenvalue weighted by molar-refractivity contribution is 0.102. The fourth-order valence-corrected chi connectivity index (χ4v) is 3.13. The molecule has 0 fully saturated rings. The molecule has 0 aliphatic heterocycles. The van der Waals surface area contributed by atoms with Gasteiger partial charge in [0.2, 0.25) is 5.78 Å². The summed E-state index contributed by atoms with van der Waals surface area (Å²) in [6.45, 7) is 2.74. The molecule has 2 aromatic rings. The molecule has 1 heterocycles. The smallest absolute Gasteiger partial charge is 0.212 e. The van der Waals surface area contributed by atoms with Crippen molar-refractivity contribution in [2.24, 2.45) is 0 Å². The van der Waals surface area contributed by atoms with Crippen LogP contribution in [0.1, 0.15) is 29.4 Å². The maximum absolute atomic E-state index is 12.6. The molecule has 3 nitrogen and oxygen atoms in total. The fraction of sp³-hybridized carbons (Fsp3) is 0.231. The molecule has 0 spiro atoms. The third-order valence-electron chi connectivity index (χ3n) is 2.57. The van der Waals surface area contributed by atoms with E-state index in [0.717, 1.165) is 10.9 Å². The average Bonchev–Trinajstić information content (AvgIpc) is 2.69. The lowest BCUT2D eigenvalue weighted by Crippen LogP contribution is -2.12. The van der Waals surface area contributed by atoms with Gasteiger partial charge in [0.05, 0.1) is 10.7 Å². The molecule has 1 aromatic heterocycles. The number of carbonyl (C=O) groups excluding carboxylic acids is 1. The van der Waals surface area contributed by atoms with E-state index in [0.29, 0.717) is 27.3 Å². The second-order valence-corrected chi connectivity index (χ2v) is 6.26. The van der Waals surface area contributed by atoms with Crippen LogP contribution >= 0.6 is 43.5 Å². The van der Waals surface area contributed by atoms with E-state index in [1.807, 2.05) is 6.92 Å². The molecule has 100 valence electrons. The Morgan fingerprint density at radius 2 is 2.11 bits per heavy atom.